The molecule has 2 N–H and O–H groups in total. The molecule has 1 heterocycles. The van der Waals surface area contributed by atoms with Crippen LogP contribution in [-0.4, -0.2) is 21.4 Å². The van der Waals surface area contributed by atoms with Gasteiger partial charge in [0, 0.05) is 35.0 Å². The molecule has 0 bridgehead atoms. The van der Waals surface area contributed by atoms with Gasteiger partial charge in [0.2, 0.25) is 0 Å². The number of nitrogens with one attached hydrogen (secondary N) is 1. The number of hydrogen-bond acceptors (Lipinski definition) is 2. The van der Waals surface area contributed by atoms with Crippen LogP contribution in [0.1, 0.15) is 27.0 Å². The third kappa shape index (κ3) is 5.13. The normalized spacial score (nSPS) is 10.4. The van der Waals surface area contributed by atoms with Gasteiger partial charge in [-0.05, 0) is 48.4 Å². The van der Waals surface area contributed by atoms with Gasteiger partial charge in [0.15, 0.2) is 0 Å². The number of carboxylic acids is 1. The first kappa shape index (κ1) is 22.7. The van der Waals surface area contributed by atoms with Crippen LogP contribution in [0.15, 0.2) is 115 Å². The lowest BCUT2D eigenvalue weighted by molar-refractivity contribution is 0.0697. The van der Waals surface area contributed by atoms with Crippen molar-refractivity contribution in [3.63, 3.8) is 0 Å². The second kappa shape index (κ2) is 10.5. The Bertz CT molecular complexity index is 1420. The van der Waals surface area contributed by atoms with Crippen molar-refractivity contribution >= 4 is 22.6 Å². The van der Waals surface area contributed by atoms with Gasteiger partial charge in [0.05, 0.1) is 11.1 Å². The monoisotopic (exact) mass is 446 g/mol. The summed E-state index contributed by atoms with van der Waals surface area (Å²) in [6, 6.07) is 35.2. The molecule has 0 unspecified atom stereocenters. The molecule has 0 spiro atoms. The molecule has 5 rings (SSSR count). The Morgan fingerprint density at radius 2 is 1.38 bits per heavy atom. The predicted molar refractivity (Wildman–Crippen MR) is 138 cm³/mol. The van der Waals surface area contributed by atoms with Crippen LogP contribution in [0.4, 0.5) is 0 Å². The van der Waals surface area contributed by atoms with E-state index in [0.717, 1.165) is 22.2 Å². The summed E-state index contributed by atoms with van der Waals surface area (Å²) in [5, 5.41) is 18.2. The molecule has 5 aromatic rings. The SMILES string of the molecule is Cc1ccccc1CC(=N)c1cn(-c2ccccc2)c2ccccc12.O=C(O)c1ccccc1. The zero-order chi connectivity index (χ0) is 23.9. The minimum Gasteiger partial charge on any atom is -0.478 e. The second-order valence-corrected chi connectivity index (χ2v) is 8.02. The highest BCUT2D eigenvalue weighted by atomic mass is 16.4. The van der Waals surface area contributed by atoms with E-state index >= 15 is 0 Å². The summed E-state index contributed by atoms with van der Waals surface area (Å²) in [5.41, 5.74) is 6.69. The van der Waals surface area contributed by atoms with Crippen LogP contribution in [0.3, 0.4) is 0 Å². The molecule has 0 saturated heterocycles. The van der Waals surface area contributed by atoms with Crippen LogP contribution in [0.2, 0.25) is 0 Å². The number of fused-ring (bicyclic) bond motifs is 1. The fraction of sp³-hybridized carbons (Fsp3) is 0.0667. The van der Waals surface area contributed by atoms with E-state index in [-0.39, 0.29) is 0 Å². The second-order valence-electron chi connectivity index (χ2n) is 8.02. The molecule has 0 fully saturated rings. The van der Waals surface area contributed by atoms with Crippen molar-refractivity contribution in [2.24, 2.45) is 0 Å². The number of hydrogen-bond donors (Lipinski definition) is 2. The highest BCUT2D eigenvalue weighted by molar-refractivity contribution is 6.10. The van der Waals surface area contributed by atoms with Gasteiger partial charge in [-0.1, -0.05) is 78.9 Å². The number of aromatic carboxylic acids is 1. The van der Waals surface area contributed by atoms with Crippen LogP contribution in [0, 0.1) is 12.3 Å². The number of aryl methyl sites for hydroxylation is 1. The average Bonchev–Trinajstić information content (AvgIpc) is 3.27. The number of carboxylic acid groups (broad SMARTS) is 1. The third-order valence-corrected chi connectivity index (χ3v) is 5.72. The van der Waals surface area contributed by atoms with Gasteiger partial charge in [-0.2, -0.15) is 0 Å². The first-order valence-corrected chi connectivity index (χ1v) is 11.1. The number of rotatable bonds is 5. The molecule has 0 radical (unpaired) electrons. The molecule has 4 aromatic carbocycles. The van der Waals surface area contributed by atoms with Crippen LogP contribution in [-0.2, 0) is 6.42 Å². The van der Waals surface area contributed by atoms with E-state index in [0.29, 0.717) is 17.7 Å². The molecule has 4 nitrogen and oxygen atoms in total. The Kier molecular flexibility index (Phi) is 6.99. The lowest BCUT2D eigenvalue weighted by atomic mass is 9.99. The van der Waals surface area contributed by atoms with Crippen molar-refractivity contribution in [3.8, 4) is 5.69 Å². The van der Waals surface area contributed by atoms with Gasteiger partial charge in [0.1, 0.15) is 0 Å². The average molecular weight is 447 g/mol. The maximum Gasteiger partial charge on any atom is 0.335 e. The smallest absolute Gasteiger partial charge is 0.335 e. The number of carbonyl (C=O) groups is 1. The number of aromatic nitrogens is 1. The summed E-state index contributed by atoms with van der Waals surface area (Å²) in [6.45, 7) is 2.11. The van der Waals surface area contributed by atoms with Gasteiger partial charge >= 0.3 is 5.97 Å². The molecule has 0 amide bonds. The van der Waals surface area contributed by atoms with E-state index in [1.807, 2.05) is 36.4 Å². The molecule has 0 atom stereocenters. The van der Waals surface area contributed by atoms with Crippen molar-refractivity contribution in [2.75, 3.05) is 0 Å². The lowest BCUT2D eigenvalue weighted by Gasteiger charge is -2.06. The van der Waals surface area contributed by atoms with Crippen molar-refractivity contribution < 1.29 is 9.90 Å². The quantitative estimate of drug-likeness (QED) is 0.287. The Morgan fingerprint density at radius 3 is 2.03 bits per heavy atom. The van der Waals surface area contributed by atoms with Crippen LogP contribution >= 0.6 is 0 Å². The molecule has 168 valence electrons. The minimum atomic E-state index is -0.879. The summed E-state index contributed by atoms with van der Waals surface area (Å²) in [5.74, 6) is -0.879. The molecular weight excluding hydrogens is 420 g/mol. The Labute approximate surface area is 199 Å². The molecule has 4 heteroatoms. The Hall–Kier alpha value is -4.44. The van der Waals surface area contributed by atoms with Crippen molar-refractivity contribution in [2.45, 2.75) is 13.3 Å². The first-order valence-electron chi connectivity index (χ1n) is 11.1. The summed E-state index contributed by atoms with van der Waals surface area (Å²) in [4.78, 5) is 10.2. The van der Waals surface area contributed by atoms with Gasteiger partial charge in [-0.25, -0.2) is 4.79 Å². The van der Waals surface area contributed by atoms with Crippen molar-refractivity contribution in [3.05, 3.63) is 138 Å². The number of nitrogens with zero attached hydrogens (tertiary/aromatic N) is 1. The standard InChI is InChI=1S/C23H20N2.C7H6O2/c1-17-9-5-6-10-18(17)15-22(24)21-16-25(19-11-3-2-4-12-19)23-14-8-7-13-20(21)23;8-7(9)6-4-2-1-3-5-6/h2-14,16,24H,15H2,1H3;1-5H,(H,8,9). The van der Waals surface area contributed by atoms with E-state index in [1.54, 1.807) is 30.3 Å². The van der Waals surface area contributed by atoms with Crippen molar-refractivity contribution in [1.29, 1.82) is 5.41 Å². The summed E-state index contributed by atoms with van der Waals surface area (Å²) < 4.78 is 2.18. The van der Waals surface area contributed by atoms with Crippen molar-refractivity contribution in [1.82, 2.24) is 4.57 Å². The fourth-order valence-corrected chi connectivity index (χ4v) is 3.90. The maximum absolute atomic E-state index is 10.2. The van der Waals surface area contributed by atoms with E-state index < -0.39 is 5.97 Å². The fourth-order valence-electron chi connectivity index (χ4n) is 3.90. The predicted octanol–water partition coefficient (Wildman–Crippen LogP) is 6.93. The summed E-state index contributed by atoms with van der Waals surface area (Å²) in [6.07, 6.45) is 2.75. The minimum absolute atomic E-state index is 0.331. The van der Waals surface area contributed by atoms with E-state index in [9.17, 15) is 4.79 Å². The van der Waals surface area contributed by atoms with Crippen LogP contribution in [0.5, 0.6) is 0 Å². The highest BCUT2D eigenvalue weighted by Gasteiger charge is 2.14. The van der Waals surface area contributed by atoms with Gasteiger partial charge < -0.3 is 15.1 Å². The van der Waals surface area contributed by atoms with Crippen LogP contribution in [0.25, 0.3) is 16.6 Å². The summed E-state index contributed by atoms with van der Waals surface area (Å²) in [7, 11) is 0. The highest BCUT2D eigenvalue weighted by Crippen LogP contribution is 2.26. The van der Waals surface area contributed by atoms with Gasteiger partial charge in [0.25, 0.3) is 0 Å². The van der Waals surface area contributed by atoms with Gasteiger partial charge in [-0.15, -0.1) is 0 Å². The Morgan fingerprint density at radius 1 is 0.794 bits per heavy atom. The maximum atomic E-state index is 10.2. The third-order valence-electron chi connectivity index (χ3n) is 5.72. The topological polar surface area (TPSA) is 66.1 Å². The van der Waals surface area contributed by atoms with E-state index in [4.69, 9.17) is 10.5 Å². The number of para-hydroxylation sites is 2. The van der Waals surface area contributed by atoms with E-state index in [1.165, 1.54) is 11.1 Å². The molecule has 0 aliphatic rings. The summed E-state index contributed by atoms with van der Waals surface area (Å²) >= 11 is 0. The molecule has 1 aromatic heterocycles. The molecule has 0 aliphatic carbocycles. The largest absolute Gasteiger partial charge is 0.478 e. The van der Waals surface area contributed by atoms with E-state index in [2.05, 4.69) is 60.2 Å². The lowest BCUT2D eigenvalue weighted by Crippen LogP contribution is -2.04. The zero-order valence-corrected chi connectivity index (χ0v) is 19.0. The Balaban J connectivity index is 0.000000257. The van der Waals surface area contributed by atoms with Gasteiger partial charge in [-0.3, -0.25) is 0 Å². The zero-order valence-electron chi connectivity index (χ0n) is 19.0. The molecular formula is C30H26N2O2. The molecule has 0 saturated carbocycles. The number of benzene rings is 4. The molecule has 0 aliphatic heterocycles. The van der Waals surface area contributed by atoms with Crippen LogP contribution < -0.4 is 0 Å². The molecule has 34 heavy (non-hydrogen) atoms. The first-order chi connectivity index (χ1) is 16.5.